The summed E-state index contributed by atoms with van der Waals surface area (Å²) in [5.74, 6) is 0.932. The van der Waals surface area contributed by atoms with Gasteiger partial charge in [-0.1, -0.05) is 41.5 Å². The number of ketones is 1. The Morgan fingerprint density at radius 3 is 1.96 bits per heavy atom. The first kappa shape index (κ1) is 28.8. The van der Waals surface area contributed by atoms with E-state index in [-0.39, 0.29) is 18.6 Å². The van der Waals surface area contributed by atoms with Gasteiger partial charge in [-0.05, 0) is 39.5 Å². The van der Waals surface area contributed by atoms with Crippen molar-refractivity contribution in [3.8, 4) is 0 Å². The fraction of sp³-hybridized carbons (Fsp3) is 0.900. The summed E-state index contributed by atoms with van der Waals surface area (Å²) < 4.78 is 5.30. The molecule has 0 aliphatic rings. The molecule has 0 spiro atoms. The number of hydrogen-bond donors (Lipinski definition) is 2. The van der Waals surface area contributed by atoms with E-state index in [1.807, 2.05) is 41.5 Å². The molecule has 0 bridgehead atoms. The lowest BCUT2D eigenvalue weighted by Crippen LogP contribution is -2.39. The topological polar surface area (TPSA) is 75.6 Å². The zero-order chi connectivity index (χ0) is 20.5. The van der Waals surface area contributed by atoms with Crippen LogP contribution in [0.25, 0.3) is 0 Å². The smallest absolute Gasteiger partial charge is 0.225 e. The van der Waals surface area contributed by atoms with Crippen molar-refractivity contribution in [2.45, 2.75) is 87.7 Å². The summed E-state index contributed by atoms with van der Waals surface area (Å²) in [6, 6.07) is 0. The van der Waals surface area contributed by atoms with Gasteiger partial charge in [0.15, 0.2) is 0 Å². The Hall–Kier alpha value is -0.940. The molecule has 152 valence electrons. The molecule has 0 fully saturated rings. The molecule has 1 amide bonds. The molecular weight excluding hydrogens is 318 g/mol. The van der Waals surface area contributed by atoms with Crippen LogP contribution in [0, 0.1) is 11.3 Å². The van der Waals surface area contributed by atoms with Crippen LogP contribution in [0.5, 0.6) is 0 Å². The number of rotatable bonds is 10. The predicted octanol–water partition coefficient (Wildman–Crippen LogP) is 3.97. The second-order valence-corrected chi connectivity index (χ2v) is 7.17. The van der Waals surface area contributed by atoms with Crippen LogP contribution in [0.15, 0.2) is 0 Å². The standard InChI is InChI=1S/C11H23NO3.C7H14O.C2H6/c1-9(2)15-8-6-12-10(14)11(3,4)5-7-13;1-6(2)4-5-7(3)8;1-2/h9,13H,5-8H2,1-4H3,(H,12,14);6H,4-5H2,1-3H3;1-2H3. The maximum Gasteiger partial charge on any atom is 0.225 e. The van der Waals surface area contributed by atoms with Crippen molar-refractivity contribution in [1.82, 2.24) is 5.32 Å². The molecule has 0 aromatic carbocycles. The summed E-state index contributed by atoms with van der Waals surface area (Å²) in [4.78, 5) is 22.0. The van der Waals surface area contributed by atoms with Gasteiger partial charge in [-0.15, -0.1) is 0 Å². The monoisotopic (exact) mass is 361 g/mol. The highest BCUT2D eigenvalue weighted by Crippen LogP contribution is 2.19. The predicted molar refractivity (Wildman–Crippen MR) is 106 cm³/mol. The average molecular weight is 362 g/mol. The summed E-state index contributed by atoms with van der Waals surface area (Å²) in [5.41, 5.74) is -0.507. The molecule has 0 aromatic heterocycles. The Balaban J connectivity index is -0.000000408. The number of amides is 1. The van der Waals surface area contributed by atoms with Gasteiger partial charge in [-0.2, -0.15) is 0 Å². The van der Waals surface area contributed by atoms with E-state index in [9.17, 15) is 9.59 Å². The van der Waals surface area contributed by atoms with Crippen molar-refractivity contribution in [3.05, 3.63) is 0 Å². The van der Waals surface area contributed by atoms with Gasteiger partial charge in [0.1, 0.15) is 5.78 Å². The minimum atomic E-state index is -0.507. The molecule has 0 saturated carbocycles. The van der Waals surface area contributed by atoms with Gasteiger partial charge in [-0.25, -0.2) is 0 Å². The second kappa shape index (κ2) is 17.9. The zero-order valence-corrected chi connectivity index (χ0v) is 18.1. The fourth-order valence-electron chi connectivity index (χ4n) is 1.58. The Morgan fingerprint density at radius 1 is 1.12 bits per heavy atom. The van der Waals surface area contributed by atoms with Crippen LogP contribution in [-0.2, 0) is 14.3 Å². The summed E-state index contributed by atoms with van der Waals surface area (Å²) >= 11 is 0. The van der Waals surface area contributed by atoms with Crippen molar-refractivity contribution in [2.75, 3.05) is 19.8 Å². The fourth-order valence-corrected chi connectivity index (χ4v) is 1.58. The molecule has 0 radical (unpaired) electrons. The lowest BCUT2D eigenvalue weighted by molar-refractivity contribution is -0.130. The molecule has 0 aliphatic carbocycles. The first-order chi connectivity index (χ1) is 11.5. The average Bonchev–Trinajstić information content (AvgIpc) is 2.51. The Bertz CT molecular complexity index is 326. The van der Waals surface area contributed by atoms with E-state index in [4.69, 9.17) is 9.84 Å². The number of Topliss-reactive ketones (excluding diaryl/α,β-unsaturated/α-hetero) is 1. The molecule has 0 aliphatic heterocycles. The normalized spacial score (nSPS) is 10.6. The van der Waals surface area contributed by atoms with Crippen molar-refractivity contribution in [2.24, 2.45) is 11.3 Å². The first-order valence-electron chi connectivity index (χ1n) is 9.53. The van der Waals surface area contributed by atoms with Crippen LogP contribution in [0.1, 0.15) is 81.6 Å². The molecular formula is C20H43NO4. The van der Waals surface area contributed by atoms with Crippen LogP contribution < -0.4 is 5.32 Å². The van der Waals surface area contributed by atoms with E-state index >= 15 is 0 Å². The van der Waals surface area contributed by atoms with Crippen LogP contribution >= 0.6 is 0 Å². The minimum Gasteiger partial charge on any atom is -0.396 e. The number of nitrogens with one attached hydrogen (secondary N) is 1. The third-order valence-electron chi connectivity index (χ3n) is 3.26. The van der Waals surface area contributed by atoms with E-state index in [1.165, 1.54) is 0 Å². The molecule has 0 heterocycles. The largest absolute Gasteiger partial charge is 0.396 e. The summed E-state index contributed by atoms with van der Waals surface area (Å²) in [5, 5.41) is 11.6. The van der Waals surface area contributed by atoms with Gasteiger partial charge in [-0.3, -0.25) is 4.79 Å². The molecule has 0 unspecified atom stereocenters. The van der Waals surface area contributed by atoms with E-state index in [1.54, 1.807) is 6.92 Å². The molecule has 25 heavy (non-hydrogen) atoms. The third-order valence-corrected chi connectivity index (χ3v) is 3.26. The van der Waals surface area contributed by atoms with Crippen molar-refractivity contribution < 1.29 is 19.4 Å². The van der Waals surface area contributed by atoms with E-state index < -0.39 is 5.41 Å². The van der Waals surface area contributed by atoms with Crippen molar-refractivity contribution >= 4 is 11.7 Å². The minimum absolute atomic E-state index is 0.0307. The van der Waals surface area contributed by atoms with Crippen LogP contribution in [0.3, 0.4) is 0 Å². The maximum absolute atomic E-state index is 11.6. The van der Waals surface area contributed by atoms with Gasteiger partial charge >= 0.3 is 0 Å². The van der Waals surface area contributed by atoms with Gasteiger partial charge in [0.25, 0.3) is 0 Å². The van der Waals surface area contributed by atoms with Crippen molar-refractivity contribution in [1.29, 1.82) is 0 Å². The number of carbonyl (C=O) groups excluding carboxylic acids is 2. The Kier molecular flexibility index (Phi) is 20.6. The van der Waals surface area contributed by atoms with Gasteiger partial charge in [0.05, 0.1) is 12.7 Å². The SMILES string of the molecule is CC.CC(=O)CCC(C)C.CC(C)OCCNC(=O)C(C)(C)CCO. The van der Waals surface area contributed by atoms with Crippen molar-refractivity contribution in [3.63, 3.8) is 0 Å². The highest BCUT2D eigenvalue weighted by molar-refractivity contribution is 5.81. The van der Waals surface area contributed by atoms with Crippen LogP contribution in [-0.4, -0.2) is 42.7 Å². The van der Waals surface area contributed by atoms with Gasteiger partial charge in [0, 0.05) is 25.0 Å². The highest BCUT2D eigenvalue weighted by atomic mass is 16.5. The molecule has 0 aromatic rings. The van der Waals surface area contributed by atoms with E-state index in [0.29, 0.717) is 31.3 Å². The lowest BCUT2D eigenvalue weighted by atomic mass is 9.89. The molecule has 5 heteroatoms. The number of hydrogen-bond acceptors (Lipinski definition) is 4. The lowest BCUT2D eigenvalue weighted by Gasteiger charge is -2.22. The van der Waals surface area contributed by atoms with Gasteiger partial charge < -0.3 is 20.0 Å². The van der Waals surface area contributed by atoms with Crippen LogP contribution in [0.2, 0.25) is 0 Å². The second-order valence-electron chi connectivity index (χ2n) is 7.17. The number of aliphatic hydroxyl groups is 1. The molecule has 0 rings (SSSR count). The summed E-state index contributed by atoms with van der Waals surface area (Å²) in [6.45, 7) is 18.5. The maximum atomic E-state index is 11.6. The van der Waals surface area contributed by atoms with E-state index in [0.717, 1.165) is 12.8 Å². The summed E-state index contributed by atoms with van der Waals surface area (Å²) in [7, 11) is 0. The van der Waals surface area contributed by atoms with Gasteiger partial charge in [0.2, 0.25) is 5.91 Å². The molecule has 0 atom stereocenters. The Morgan fingerprint density at radius 2 is 1.64 bits per heavy atom. The van der Waals surface area contributed by atoms with Crippen LogP contribution in [0.4, 0.5) is 0 Å². The number of ether oxygens (including phenoxy) is 1. The molecule has 5 nitrogen and oxygen atoms in total. The number of carbonyl (C=O) groups is 2. The molecule has 2 N–H and O–H groups in total. The third kappa shape index (κ3) is 23.1. The summed E-state index contributed by atoms with van der Waals surface area (Å²) in [6.07, 6.45) is 2.45. The number of aliphatic hydroxyl groups excluding tert-OH is 1. The molecule has 0 saturated heterocycles. The Labute approximate surface area is 155 Å². The highest BCUT2D eigenvalue weighted by Gasteiger charge is 2.26. The zero-order valence-electron chi connectivity index (χ0n) is 18.1. The van der Waals surface area contributed by atoms with E-state index in [2.05, 4.69) is 19.2 Å². The first-order valence-corrected chi connectivity index (χ1v) is 9.53. The quantitative estimate of drug-likeness (QED) is 0.577.